The molecule has 0 heterocycles. The highest BCUT2D eigenvalue weighted by molar-refractivity contribution is 6.30. The number of halogens is 2. The van der Waals surface area contributed by atoms with Gasteiger partial charge in [0.15, 0.2) is 0 Å². The number of rotatable bonds is 7. The number of amides is 1. The van der Waals surface area contributed by atoms with Crippen molar-refractivity contribution in [2.45, 2.75) is 58.0 Å². The van der Waals surface area contributed by atoms with Crippen molar-refractivity contribution in [2.75, 3.05) is 6.61 Å². The minimum absolute atomic E-state index is 0.0803. The lowest BCUT2D eigenvalue weighted by molar-refractivity contribution is 0.0841. The molecule has 3 N–H and O–H groups in total. The molecule has 0 aliphatic carbocycles. The number of carbonyl (C=O) groups excluding carboxylic acids is 1. The summed E-state index contributed by atoms with van der Waals surface area (Å²) in [5.74, 6) is 0.262. The van der Waals surface area contributed by atoms with Crippen LogP contribution in [-0.2, 0) is 16.5 Å². The van der Waals surface area contributed by atoms with Gasteiger partial charge in [-0.05, 0) is 79.3 Å². The highest BCUT2D eigenvalue weighted by Crippen LogP contribution is 2.40. The lowest BCUT2D eigenvalue weighted by Crippen LogP contribution is -2.61. The molecule has 0 aliphatic heterocycles. The van der Waals surface area contributed by atoms with E-state index in [1.165, 1.54) is 0 Å². The van der Waals surface area contributed by atoms with Crippen LogP contribution < -0.4 is 15.8 Å². The van der Waals surface area contributed by atoms with Gasteiger partial charge < -0.3 is 15.8 Å². The maximum Gasteiger partial charge on any atom is 0.255 e. The Kier molecular flexibility index (Phi) is 7.90. The first-order valence-electron chi connectivity index (χ1n) is 11.7. The fraction of sp³-hybridized carbons (Fsp3) is 0.345. The number of hydrogen-bond acceptors (Lipinski definition) is 3. The highest BCUT2D eigenvalue weighted by atomic mass is 35.5. The third-order valence-electron chi connectivity index (χ3n) is 6.66. The molecular formula is C29H34Cl2N2O2. The van der Waals surface area contributed by atoms with Gasteiger partial charge in [0.2, 0.25) is 0 Å². The van der Waals surface area contributed by atoms with Crippen LogP contribution in [0.3, 0.4) is 0 Å². The van der Waals surface area contributed by atoms with Crippen LogP contribution in [0.5, 0.6) is 5.75 Å². The third-order valence-corrected chi connectivity index (χ3v) is 7.16. The summed E-state index contributed by atoms with van der Waals surface area (Å²) in [5.41, 5.74) is 8.11. The average molecular weight is 514 g/mol. The van der Waals surface area contributed by atoms with Crippen LogP contribution in [-0.4, -0.2) is 12.5 Å². The van der Waals surface area contributed by atoms with Crippen LogP contribution >= 0.6 is 23.2 Å². The van der Waals surface area contributed by atoms with Gasteiger partial charge in [-0.3, -0.25) is 4.79 Å². The largest absolute Gasteiger partial charge is 0.493 e. The van der Waals surface area contributed by atoms with E-state index in [0.29, 0.717) is 28.0 Å². The molecule has 2 atom stereocenters. The molecule has 0 spiro atoms. The van der Waals surface area contributed by atoms with Crippen molar-refractivity contribution in [1.82, 2.24) is 5.32 Å². The Morgan fingerprint density at radius 1 is 0.829 bits per heavy atom. The number of nitrogens with two attached hydrogens (primary N) is 1. The first-order valence-corrected chi connectivity index (χ1v) is 12.5. The quantitative estimate of drug-likeness (QED) is 0.351. The number of nitrogens with one attached hydrogen (secondary N) is 1. The first kappa shape index (κ1) is 27.1. The molecule has 0 unspecified atom stereocenters. The number of hydrogen-bond donors (Lipinski definition) is 2. The summed E-state index contributed by atoms with van der Waals surface area (Å²) in [6.07, 6.45) is 0. The van der Waals surface area contributed by atoms with Crippen molar-refractivity contribution in [1.29, 1.82) is 0 Å². The van der Waals surface area contributed by atoms with E-state index in [0.717, 1.165) is 16.7 Å². The van der Waals surface area contributed by atoms with Crippen LogP contribution in [0.25, 0.3) is 0 Å². The topological polar surface area (TPSA) is 64.3 Å². The monoisotopic (exact) mass is 512 g/mol. The predicted molar refractivity (Wildman–Crippen MR) is 146 cm³/mol. The van der Waals surface area contributed by atoms with Gasteiger partial charge in [-0.15, -0.1) is 0 Å². The molecule has 35 heavy (non-hydrogen) atoms. The molecule has 0 saturated heterocycles. The van der Waals surface area contributed by atoms with Crippen molar-refractivity contribution in [3.8, 4) is 5.75 Å². The Balaban J connectivity index is 2.11. The van der Waals surface area contributed by atoms with Gasteiger partial charge in [-0.1, -0.05) is 74.3 Å². The standard InChI is InChI=1S/C29H34Cl2N2O2/c1-7-35-25-18-21(27(2,3)4)12-17-24(25)26(34)33-29(6,20-10-15-23(31)16-11-20)28(5,32)19-8-13-22(30)14-9-19/h8-18H,7,32H2,1-6H3,(H,33,34)/t28-,29+/m1/s1. The predicted octanol–water partition coefficient (Wildman–Crippen LogP) is 7.21. The molecular weight excluding hydrogens is 479 g/mol. The van der Waals surface area contributed by atoms with Crippen LogP contribution in [0.1, 0.15) is 68.6 Å². The summed E-state index contributed by atoms with van der Waals surface area (Å²) < 4.78 is 5.89. The lowest BCUT2D eigenvalue weighted by Gasteiger charge is -2.45. The molecule has 0 saturated carbocycles. The molecule has 0 radical (unpaired) electrons. The number of ether oxygens (including phenoxy) is 1. The zero-order valence-electron chi connectivity index (χ0n) is 21.2. The second kappa shape index (κ2) is 10.2. The third kappa shape index (κ3) is 5.66. The van der Waals surface area contributed by atoms with Crippen LogP contribution in [0.4, 0.5) is 0 Å². The number of benzene rings is 3. The van der Waals surface area contributed by atoms with Gasteiger partial charge in [0, 0.05) is 10.0 Å². The second-order valence-electron chi connectivity index (χ2n) is 10.2. The average Bonchev–Trinajstić information content (AvgIpc) is 2.79. The fourth-order valence-corrected chi connectivity index (χ4v) is 4.37. The molecule has 3 aromatic carbocycles. The van der Waals surface area contributed by atoms with Crippen molar-refractivity contribution in [3.05, 3.63) is 99.0 Å². The molecule has 0 aromatic heterocycles. The van der Waals surface area contributed by atoms with Crippen LogP contribution in [0.15, 0.2) is 66.7 Å². The van der Waals surface area contributed by atoms with Gasteiger partial charge >= 0.3 is 0 Å². The van der Waals surface area contributed by atoms with Gasteiger partial charge in [0.25, 0.3) is 5.91 Å². The van der Waals surface area contributed by atoms with E-state index in [4.69, 9.17) is 33.7 Å². The van der Waals surface area contributed by atoms with Crippen molar-refractivity contribution >= 4 is 29.1 Å². The summed E-state index contributed by atoms with van der Waals surface area (Å²) >= 11 is 12.3. The minimum Gasteiger partial charge on any atom is -0.493 e. The maximum absolute atomic E-state index is 13.8. The summed E-state index contributed by atoms with van der Waals surface area (Å²) in [6, 6.07) is 20.4. The Hall–Kier alpha value is -2.53. The molecule has 0 aliphatic rings. The first-order chi connectivity index (χ1) is 16.3. The minimum atomic E-state index is -1.01. The lowest BCUT2D eigenvalue weighted by atomic mass is 9.71. The van der Waals surface area contributed by atoms with E-state index >= 15 is 0 Å². The van der Waals surface area contributed by atoms with Gasteiger partial charge in [0.05, 0.1) is 23.2 Å². The van der Waals surface area contributed by atoms with Crippen molar-refractivity contribution < 1.29 is 9.53 Å². The fourth-order valence-electron chi connectivity index (χ4n) is 4.12. The Bertz CT molecular complexity index is 1180. The van der Waals surface area contributed by atoms with E-state index < -0.39 is 11.1 Å². The van der Waals surface area contributed by atoms with Crippen molar-refractivity contribution in [2.24, 2.45) is 5.73 Å². The van der Waals surface area contributed by atoms with E-state index in [1.807, 2.05) is 63.2 Å². The van der Waals surface area contributed by atoms with E-state index in [-0.39, 0.29) is 11.3 Å². The Labute approximate surface area is 218 Å². The Morgan fingerprint density at radius 2 is 1.31 bits per heavy atom. The summed E-state index contributed by atoms with van der Waals surface area (Å²) in [6.45, 7) is 12.6. The molecule has 1 amide bonds. The Morgan fingerprint density at radius 3 is 1.80 bits per heavy atom. The zero-order chi connectivity index (χ0) is 26.0. The van der Waals surface area contributed by atoms with Crippen LogP contribution in [0.2, 0.25) is 10.0 Å². The molecule has 3 aromatic rings. The van der Waals surface area contributed by atoms with E-state index in [1.54, 1.807) is 24.3 Å². The molecule has 0 fully saturated rings. The normalized spacial score (nSPS) is 15.1. The molecule has 0 bridgehead atoms. The van der Waals surface area contributed by atoms with Crippen molar-refractivity contribution in [3.63, 3.8) is 0 Å². The maximum atomic E-state index is 13.8. The molecule has 3 rings (SSSR count). The van der Waals surface area contributed by atoms with Gasteiger partial charge in [0.1, 0.15) is 5.75 Å². The highest BCUT2D eigenvalue weighted by Gasteiger charge is 2.46. The van der Waals surface area contributed by atoms with Gasteiger partial charge in [-0.2, -0.15) is 0 Å². The SMILES string of the molecule is CCOc1cc(C(C)(C)C)ccc1C(=O)N[C@@](C)(c1ccc(Cl)cc1)[C@](C)(N)c1ccc(Cl)cc1. The summed E-state index contributed by atoms with van der Waals surface area (Å²) in [7, 11) is 0. The summed E-state index contributed by atoms with van der Waals surface area (Å²) in [5, 5.41) is 4.45. The van der Waals surface area contributed by atoms with E-state index in [9.17, 15) is 4.79 Å². The second-order valence-corrected chi connectivity index (χ2v) is 11.1. The van der Waals surface area contributed by atoms with E-state index in [2.05, 4.69) is 26.1 Å². The number of carbonyl (C=O) groups is 1. The molecule has 186 valence electrons. The van der Waals surface area contributed by atoms with Gasteiger partial charge in [-0.25, -0.2) is 0 Å². The molecule has 6 heteroatoms. The smallest absolute Gasteiger partial charge is 0.255 e. The molecule has 4 nitrogen and oxygen atoms in total. The van der Waals surface area contributed by atoms with Crippen LogP contribution in [0, 0.1) is 0 Å². The zero-order valence-corrected chi connectivity index (χ0v) is 22.7. The summed E-state index contributed by atoms with van der Waals surface area (Å²) in [4.78, 5) is 13.8.